The van der Waals surface area contributed by atoms with Gasteiger partial charge in [-0.3, -0.25) is 0 Å². The molecule has 1 atom stereocenters. The molecule has 1 aliphatic carbocycles. The Bertz CT molecular complexity index is 257. The Morgan fingerprint density at radius 3 is 1.70 bits per heavy atom. The average Bonchev–Trinajstić information content (AvgIpc) is 2.45. The van der Waals surface area contributed by atoms with E-state index in [1.54, 1.807) is 0 Å². The van der Waals surface area contributed by atoms with Crippen LogP contribution in [0.1, 0.15) is 92.4 Å². The highest BCUT2D eigenvalue weighted by Crippen LogP contribution is 2.45. The van der Waals surface area contributed by atoms with Crippen molar-refractivity contribution in [2.45, 2.75) is 92.4 Å². The van der Waals surface area contributed by atoms with Crippen molar-refractivity contribution in [3.8, 4) is 0 Å². The molecule has 1 heteroatoms. The number of nitrogens with two attached hydrogens (primary N) is 1. The first-order valence-corrected chi connectivity index (χ1v) is 9.10. The van der Waals surface area contributed by atoms with Gasteiger partial charge < -0.3 is 5.73 Å². The van der Waals surface area contributed by atoms with Gasteiger partial charge >= 0.3 is 0 Å². The second kappa shape index (κ2) is 7.82. The van der Waals surface area contributed by atoms with E-state index < -0.39 is 0 Å². The third-order valence-corrected chi connectivity index (χ3v) is 6.84. The molecule has 1 rings (SSSR count). The maximum Gasteiger partial charge on any atom is -0.00462 e. The van der Waals surface area contributed by atoms with Gasteiger partial charge in [-0.2, -0.15) is 0 Å². The smallest absolute Gasteiger partial charge is 0.00462 e. The van der Waals surface area contributed by atoms with Gasteiger partial charge in [-0.15, -0.1) is 0 Å². The summed E-state index contributed by atoms with van der Waals surface area (Å²) in [6.07, 6.45) is 12.6. The molecular formula is C19H39N. The first kappa shape index (κ1) is 18.0. The molecule has 0 aromatic rings. The third-order valence-electron chi connectivity index (χ3n) is 6.84. The van der Waals surface area contributed by atoms with E-state index in [4.69, 9.17) is 5.73 Å². The molecule has 120 valence electrons. The van der Waals surface area contributed by atoms with Crippen molar-refractivity contribution in [3.05, 3.63) is 0 Å². The Morgan fingerprint density at radius 1 is 0.900 bits per heavy atom. The van der Waals surface area contributed by atoms with Crippen molar-refractivity contribution in [1.82, 2.24) is 0 Å². The second-order valence-electron chi connectivity index (χ2n) is 8.08. The van der Waals surface area contributed by atoms with Gasteiger partial charge in [0.1, 0.15) is 0 Å². The van der Waals surface area contributed by atoms with E-state index in [1.807, 2.05) is 0 Å². The summed E-state index contributed by atoms with van der Waals surface area (Å²) in [6.45, 7) is 13.0. The second-order valence-corrected chi connectivity index (χ2v) is 8.08. The predicted molar refractivity (Wildman–Crippen MR) is 90.8 cm³/mol. The molecule has 0 aromatic heterocycles. The van der Waals surface area contributed by atoms with E-state index in [2.05, 4.69) is 34.6 Å². The molecule has 1 aliphatic rings. The fraction of sp³-hybridized carbons (Fsp3) is 1.00. The summed E-state index contributed by atoms with van der Waals surface area (Å²) < 4.78 is 0. The van der Waals surface area contributed by atoms with Crippen molar-refractivity contribution in [2.75, 3.05) is 6.54 Å². The van der Waals surface area contributed by atoms with Gasteiger partial charge in [0, 0.05) is 0 Å². The number of rotatable bonds is 4. The fourth-order valence-electron chi connectivity index (χ4n) is 4.28. The molecule has 20 heavy (non-hydrogen) atoms. The van der Waals surface area contributed by atoms with Gasteiger partial charge in [-0.25, -0.2) is 0 Å². The molecule has 0 aromatic carbocycles. The first-order chi connectivity index (χ1) is 9.40. The molecule has 0 bridgehead atoms. The van der Waals surface area contributed by atoms with Crippen LogP contribution < -0.4 is 5.73 Å². The van der Waals surface area contributed by atoms with Gasteiger partial charge in [0.2, 0.25) is 0 Å². The van der Waals surface area contributed by atoms with Gasteiger partial charge in [-0.1, -0.05) is 66.7 Å². The zero-order chi connectivity index (χ0) is 15.2. The van der Waals surface area contributed by atoms with Crippen LogP contribution in [-0.2, 0) is 0 Å². The molecule has 1 saturated carbocycles. The Hall–Kier alpha value is -0.0400. The Balaban J connectivity index is 2.71. The van der Waals surface area contributed by atoms with E-state index in [-0.39, 0.29) is 0 Å². The van der Waals surface area contributed by atoms with Crippen LogP contribution in [0.5, 0.6) is 0 Å². The van der Waals surface area contributed by atoms with Crippen LogP contribution in [0.15, 0.2) is 0 Å². The topological polar surface area (TPSA) is 26.0 Å². The van der Waals surface area contributed by atoms with E-state index in [0.29, 0.717) is 16.7 Å². The minimum absolute atomic E-state index is 0.528. The average molecular weight is 282 g/mol. The van der Waals surface area contributed by atoms with E-state index >= 15 is 0 Å². The molecule has 1 nitrogen and oxygen atoms in total. The van der Waals surface area contributed by atoms with Crippen molar-refractivity contribution in [2.24, 2.45) is 28.4 Å². The van der Waals surface area contributed by atoms with Crippen LogP contribution in [0, 0.1) is 22.7 Å². The molecule has 0 radical (unpaired) electrons. The minimum Gasteiger partial charge on any atom is -0.330 e. The Morgan fingerprint density at radius 2 is 1.35 bits per heavy atom. The molecule has 2 N–H and O–H groups in total. The largest absolute Gasteiger partial charge is 0.330 e. The summed E-state index contributed by atoms with van der Waals surface area (Å²) in [5.74, 6) is 1.50. The van der Waals surface area contributed by atoms with Crippen molar-refractivity contribution >= 4 is 0 Å². The highest BCUT2D eigenvalue weighted by atomic mass is 14.6. The standard InChI is InChI=1S/C19H39N/c1-6-19(17(4)15-20)13-9-7-11-18(5,16(2)3)12-8-10-14-19/h16-17H,6-15,20H2,1-5H3. The zero-order valence-electron chi connectivity index (χ0n) is 14.8. The Labute approximate surface area is 128 Å². The van der Waals surface area contributed by atoms with Crippen molar-refractivity contribution in [1.29, 1.82) is 0 Å². The van der Waals surface area contributed by atoms with E-state index in [9.17, 15) is 0 Å². The molecular weight excluding hydrogens is 242 g/mol. The highest BCUT2D eigenvalue weighted by Gasteiger charge is 2.35. The molecule has 0 spiro atoms. The molecule has 0 heterocycles. The highest BCUT2D eigenvalue weighted by molar-refractivity contribution is 4.86. The van der Waals surface area contributed by atoms with Crippen LogP contribution in [0.3, 0.4) is 0 Å². The first-order valence-electron chi connectivity index (χ1n) is 9.10. The molecule has 0 amide bonds. The maximum atomic E-state index is 6.01. The van der Waals surface area contributed by atoms with Crippen molar-refractivity contribution in [3.63, 3.8) is 0 Å². The van der Waals surface area contributed by atoms with Gasteiger partial charge in [-0.05, 0) is 54.9 Å². The fourth-order valence-corrected chi connectivity index (χ4v) is 4.28. The SMILES string of the molecule is CCC1(C(C)CN)CCCCC(C)(C(C)C)CCCC1. The summed E-state index contributed by atoms with van der Waals surface area (Å²) in [5, 5.41) is 0. The van der Waals surface area contributed by atoms with E-state index in [1.165, 1.54) is 57.8 Å². The van der Waals surface area contributed by atoms with Crippen molar-refractivity contribution < 1.29 is 0 Å². The van der Waals surface area contributed by atoms with E-state index in [0.717, 1.165) is 12.5 Å². The zero-order valence-corrected chi connectivity index (χ0v) is 14.8. The lowest BCUT2D eigenvalue weighted by molar-refractivity contribution is 0.102. The summed E-state index contributed by atoms with van der Waals surface area (Å²) in [6, 6.07) is 0. The molecule has 1 fully saturated rings. The summed E-state index contributed by atoms with van der Waals surface area (Å²) in [5.41, 5.74) is 7.11. The lowest BCUT2D eigenvalue weighted by atomic mass is 9.64. The summed E-state index contributed by atoms with van der Waals surface area (Å²) >= 11 is 0. The third kappa shape index (κ3) is 4.23. The number of hydrogen-bond donors (Lipinski definition) is 1. The normalized spacial score (nSPS) is 35.0. The van der Waals surface area contributed by atoms with Gasteiger partial charge in [0.05, 0.1) is 0 Å². The van der Waals surface area contributed by atoms with Crippen LogP contribution in [0.4, 0.5) is 0 Å². The molecule has 0 saturated heterocycles. The lowest BCUT2D eigenvalue weighted by Crippen LogP contribution is -2.34. The minimum atomic E-state index is 0.528. The van der Waals surface area contributed by atoms with Crippen LogP contribution in [-0.4, -0.2) is 6.54 Å². The lowest BCUT2D eigenvalue weighted by Gasteiger charge is -2.41. The summed E-state index contributed by atoms with van der Waals surface area (Å²) in [7, 11) is 0. The van der Waals surface area contributed by atoms with Crippen LogP contribution in [0.25, 0.3) is 0 Å². The van der Waals surface area contributed by atoms with Crippen LogP contribution >= 0.6 is 0 Å². The summed E-state index contributed by atoms with van der Waals surface area (Å²) in [4.78, 5) is 0. The van der Waals surface area contributed by atoms with Crippen LogP contribution in [0.2, 0.25) is 0 Å². The molecule has 1 unspecified atom stereocenters. The number of hydrogen-bond acceptors (Lipinski definition) is 1. The Kier molecular flexibility index (Phi) is 7.04. The monoisotopic (exact) mass is 281 g/mol. The van der Waals surface area contributed by atoms with Gasteiger partial charge in [0.25, 0.3) is 0 Å². The quantitative estimate of drug-likeness (QED) is 0.695. The molecule has 0 aliphatic heterocycles. The maximum absolute atomic E-state index is 6.01. The predicted octanol–water partition coefficient (Wildman–Crippen LogP) is 5.77. The van der Waals surface area contributed by atoms with Gasteiger partial charge in [0.15, 0.2) is 0 Å².